The summed E-state index contributed by atoms with van der Waals surface area (Å²) < 4.78 is 13.4. The van der Waals surface area contributed by atoms with Crippen molar-refractivity contribution in [2.75, 3.05) is 5.75 Å². The number of nitrogens with one attached hydrogen (secondary N) is 2. The number of amides is 2. The monoisotopic (exact) mass is 445 g/mol. The van der Waals surface area contributed by atoms with E-state index in [1.807, 2.05) is 30.3 Å². The summed E-state index contributed by atoms with van der Waals surface area (Å²) in [6.07, 6.45) is -0.982. The normalized spacial score (nSPS) is 13.5. The molecule has 2 aromatic carbocycles. The number of alkyl carbamates (subject to hydrolysis) is 1. The smallest absolute Gasteiger partial charge is 0.408 e. The predicted molar refractivity (Wildman–Crippen MR) is 121 cm³/mol. The number of carboxylic acids is 1. The van der Waals surface area contributed by atoms with Crippen LogP contribution in [0, 0.1) is 0 Å². The second-order valence-corrected chi connectivity index (χ2v) is 8.85. The molecule has 8 heteroatoms. The maximum Gasteiger partial charge on any atom is 0.408 e. The van der Waals surface area contributed by atoms with Crippen molar-refractivity contribution in [1.29, 1.82) is 0 Å². The van der Waals surface area contributed by atoms with Crippen LogP contribution in [0.25, 0.3) is 0 Å². The van der Waals surface area contributed by atoms with Crippen molar-refractivity contribution in [3.8, 4) is 0 Å². The maximum absolute atomic E-state index is 13.0. The highest BCUT2D eigenvalue weighted by Crippen LogP contribution is 2.16. The summed E-state index contributed by atoms with van der Waals surface area (Å²) in [5.74, 6) is -1.34. The Morgan fingerprint density at radius 2 is 1.65 bits per heavy atom. The van der Waals surface area contributed by atoms with Crippen LogP contribution in [-0.2, 0) is 20.1 Å². The molecule has 0 aliphatic heterocycles. The first-order valence-electron chi connectivity index (χ1n) is 10.2. The first-order valence-corrected chi connectivity index (χ1v) is 10.9. The highest BCUT2D eigenvalue weighted by Gasteiger charge is 2.29. The minimum atomic E-state index is -1.31. The third-order valence-corrected chi connectivity index (χ3v) is 5.10. The molecule has 31 heavy (non-hydrogen) atoms. The Kier molecular flexibility index (Phi) is 8.35. The molecule has 0 saturated heterocycles. The molecule has 0 fully saturated rings. The Bertz CT molecular complexity index is 906. The average Bonchev–Trinajstić information content (AvgIpc) is 2.74. The summed E-state index contributed by atoms with van der Waals surface area (Å²) in [7, 11) is 0. The first kappa shape index (κ1) is 22.7. The van der Waals surface area contributed by atoms with Crippen molar-refractivity contribution in [2.45, 2.75) is 44.2 Å². The van der Waals surface area contributed by atoms with Crippen LogP contribution in [0.3, 0.4) is 0 Å². The minimum Gasteiger partial charge on any atom is -0.479 e. The Hall–Kier alpha value is -3.00. The van der Waals surface area contributed by atoms with Crippen LogP contribution in [0.15, 0.2) is 60.7 Å². The van der Waals surface area contributed by atoms with Gasteiger partial charge in [0.25, 0.3) is 0 Å². The Morgan fingerprint density at radius 3 is 2.19 bits per heavy atom. The van der Waals surface area contributed by atoms with Gasteiger partial charge in [0.05, 0.1) is 0 Å². The lowest BCUT2D eigenvalue weighted by Gasteiger charge is -2.24. The number of benzene rings is 2. The third kappa shape index (κ3) is 8.72. The van der Waals surface area contributed by atoms with Crippen LogP contribution in [0.4, 0.5) is 4.79 Å². The van der Waals surface area contributed by atoms with Crippen LogP contribution in [-0.4, -0.2) is 40.5 Å². The predicted octanol–water partition coefficient (Wildman–Crippen LogP) is 3.76. The van der Waals surface area contributed by atoms with Gasteiger partial charge in [-0.2, -0.15) is 11.8 Å². The molecule has 1 unspecified atom stereocenters. The second kappa shape index (κ2) is 11.4. The lowest BCUT2D eigenvalue weighted by molar-refractivity contribution is -0.142. The summed E-state index contributed by atoms with van der Waals surface area (Å²) in [6, 6.07) is 15.3. The van der Waals surface area contributed by atoms with Crippen molar-refractivity contribution in [3.05, 3.63) is 71.8 Å². The molecule has 3 N–H and O–H groups in total. The maximum atomic E-state index is 13.0. The van der Waals surface area contributed by atoms with Gasteiger partial charge in [0.2, 0.25) is 5.91 Å². The Balaban J connectivity index is 2.17. The number of aliphatic carboxylic acids is 1. The third-order valence-electron chi connectivity index (χ3n) is 4.01. The van der Waals surface area contributed by atoms with E-state index in [4.69, 9.17) is 6.15 Å². The lowest BCUT2D eigenvalue weighted by Crippen LogP contribution is -2.51. The molecule has 166 valence electrons. The van der Waals surface area contributed by atoms with E-state index in [0.29, 0.717) is 16.6 Å². The summed E-state index contributed by atoms with van der Waals surface area (Å²) >= 11 is 1.36. The van der Waals surface area contributed by atoms with Gasteiger partial charge < -0.3 is 20.5 Å². The van der Waals surface area contributed by atoms with Gasteiger partial charge in [-0.1, -0.05) is 60.7 Å². The van der Waals surface area contributed by atoms with Gasteiger partial charge in [-0.25, -0.2) is 9.59 Å². The minimum absolute atomic E-state index is 0.0879. The van der Waals surface area contributed by atoms with Crippen LogP contribution >= 0.6 is 11.8 Å². The van der Waals surface area contributed by atoms with Gasteiger partial charge >= 0.3 is 12.1 Å². The summed E-state index contributed by atoms with van der Waals surface area (Å²) in [5, 5.41) is 12.5. The van der Waals surface area contributed by atoms with Gasteiger partial charge in [-0.3, -0.25) is 4.79 Å². The number of rotatable bonds is 9. The molecule has 2 amide bonds. The quantitative estimate of drug-likeness (QED) is 0.543. The SMILES string of the molecule is [2H]N(C(=O)OC(C)(C)C)[C@@H](CSCc1ccccc1)C(=O)NC(C(=O)O)c1ccccc1. The molecule has 0 bridgehead atoms. The van der Waals surface area contributed by atoms with Gasteiger partial charge in [0, 0.05) is 11.5 Å². The van der Waals surface area contributed by atoms with E-state index in [2.05, 4.69) is 5.32 Å². The van der Waals surface area contributed by atoms with Gasteiger partial charge in [0.15, 0.2) is 7.45 Å². The van der Waals surface area contributed by atoms with E-state index in [1.54, 1.807) is 51.1 Å². The fourth-order valence-corrected chi connectivity index (χ4v) is 3.62. The summed E-state index contributed by atoms with van der Waals surface area (Å²) in [6.45, 7) is 4.98. The zero-order chi connectivity index (χ0) is 23.7. The van der Waals surface area contributed by atoms with E-state index in [0.717, 1.165) is 5.56 Å². The molecule has 0 aliphatic rings. The number of carbonyl (C=O) groups excluding carboxylic acids is 2. The van der Waals surface area contributed by atoms with Crippen molar-refractivity contribution in [2.24, 2.45) is 0 Å². The molecule has 0 heterocycles. The average molecular weight is 446 g/mol. The van der Waals surface area contributed by atoms with E-state index in [9.17, 15) is 19.5 Å². The second-order valence-electron chi connectivity index (χ2n) is 7.82. The molecule has 7 nitrogen and oxygen atoms in total. The number of thioether (sulfide) groups is 1. The van der Waals surface area contributed by atoms with Gasteiger partial charge in [0.1, 0.15) is 11.6 Å². The molecular formula is C23H28N2O5S. The number of carbonyl (C=O) groups is 3. The Labute approximate surface area is 188 Å². The van der Waals surface area contributed by atoms with E-state index in [-0.39, 0.29) is 5.75 Å². The zero-order valence-electron chi connectivity index (χ0n) is 18.8. The molecule has 0 saturated carbocycles. The van der Waals surface area contributed by atoms with E-state index < -0.39 is 35.7 Å². The highest BCUT2D eigenvalue weighted by molar-refractivity contribution is 7.98. The molecule has 0 spiro atoms. The highest BCUT2D eigenvalue weighted by atomic mass is 32.2. The van der Waals surface area contributed by atoms with Crippen molar-refractivity contribution in [1.82, 2.24) is 10.6 Å². The zero-order valence-corrected chi connectivity index (χ0v) is 18.6. The fraction of sp³-hybridized carbons (Fsp3) is 0.348. The number of carboxylic acid groups (broad SMARTS) is 1. The van der Waals surface area contributed by atoms with Crippen LogP contribution < -0.4 is 10.6 Å². The fourth-order valence-electron chi connectivity index (χ4n) is 2.62. The number of ether oxygens (including phenoxy) is 1. The number of hydrogen-bond donors (Lipinski definition) is 3. The van der Waals surface area contributed by atoms with Crippen molar-refractivity contribution < 1.29 is 25.6 Å². The largest absolute Gasteiger partial charge is 0.479 e. The van der Waals surface area contributed by atoms with Crippen molar-refractivity contribution >= 4 is 29.7 Å². The summed E-state index contributed by atoms with van der Waals surface area (Å²) in [5.41, 5.74) is 0.568. The molecular weight excluding hydrogens is 416 g/mol. The van der Waals surface area contributed by atoms with Crippen LogP contribution in [0.2, 0.25) is 1.41 Å². The molecule has 0 aliphatic carbocycles. The lowest BCUT2D eigenvalue weighted by atomic mass is 10.1. The standard InChI is InChI=1S/C23H28N2O5S/c1-23(2,3)30-22(29)24-18(15-31-14-16-10-6-4-7-11-16)20(26)25-19(21(27)28)17-12-8-5-9-13-17/h4-13,18-19H,14-15H2,1-3H3,(H,24,29)(H,25,26)(H,27,28)/t18-,19?/m0/s1/i/hD. The first-order chi connectivity index (χ1) is 15.1. The number of hydrogen-bond acceptors (Lipinski definition) is 5. The van der Waals surface area contributed by atoms with E-state index in [1.165, 1.54) is 11.8 Å². The van der Waals surface area contributed by atoms with Gasteiger partial charge in [-0.05, 0) is 31.9 Å². The van der Waals surface area contributed by atoms with Crippen LogP contribution in [0.1, 0.15) is 37.9 Å². The molecule has 2 aromatic rings. The molecule has 2 atom stereocenters. The molecule has 2 rings (SSSR count). The topological polar surface area (TPSA) is 105 Å². The van der Waals surface area contributed by atoms with E-state index >= 15 is 0 Å². The van der Waals surface area contributed by atoms with Gasteiger partial charge in [-0.15, -0.1) is 0 Å². The van der Waals surface area contributed by atoms with Crippen molar-refractivity contribution in [3.63, 3.8) is 0 Å². The van der Waals surface area contributed by atoms with Crippen LogP contribution in [0.5, 0.6) is 0 Å². The molecule has 0 radical (unpaired) electrons. The molecule has 0 aromatic heterocycles. The summed E-state index contributed by atoms with van der Waals surface area (Å²) in [4.78, 5) is 37.2. The Morgan fingerprint density at radius 1 is 1.06 bits per heavy atom.